The van der Waals surface area contributed by atoms with Gasteiger partial charge >= 0.3 is 37.3 Å². The van der Waals surface area contributed by atoms with Crippen LogP contribution in [0.15, 0.2) is 12.1 Å². The molecule has 0 bridgehead atoms. The molecule has 0 saturated carbocycles. The number of hydrogen-bond donors (Lipinski definition) is 2. The number of rotatable bonds is 5. The largest absolute Gasteiger partial charge is 0.534 e. The van der Waals surface area contributed by atoms with Gasteiger partial charge in [0.05, 0.1) is 5.69 Å². The molecule has 0 aromatic carbocycles. The highest BCUT2D eigenvalue weighted by atomic mass is 35.5. The van der Waals surface area contributed by atoms with E-state index in [0.717, 1.165) is 25.1 Å². The van der Waals surface area contributed by atoms with Crippen LogP contribution in [0.3, 0.4) is 0 Å². The van der Waals surface area contributed by atoms with Gasteiger partial charge in [0.2, 0.25) is 0 Å². The summed E-state index contributed by atoms with van der Waals surface area (Å²) in [5, 5.41) is 13.6. The molecule has 23 heteroatoms. The molecule has 14 nitrogen and oxygen atoms in total. The average molecular weight is 744 g/mol. The van der Waals surface area contributed by atoms with Crippen LogP contribution in [0.1, 0.15) is 50.9 Å². The second-order valence-electron chi connectivity index (χ2n) is 11.9. The average Bonchev–Trinajstić information content (AvgIpc) is 3.74. The van der Waals surface area contributed by atoms with Crippen molar-refractivity contribution in [1.29, 1.82) is 0 Å². The predicted octanol–water partition coefficient (Wildman–Crippen LogP) is 2.74. The van der Waals surface area contributed by atoms with Crippen LogP contribution >= 0.6 is 12.4 Å². The Bertz CT molecular complexity index is 1710. The molecule has 2 spiro atoms. The number of aryl methyl sites for hydroxylation is 2. The van der Waals surface area contributed by atoms with Crippen LogP contribution in [-0.4, -0.2) is 90.6 Å². The van der Waals surface area contributed by atoms with E-state index >= 15 is 0 Å². The second-order valence-corrected chi connectivity index (χ2v) is 15.0. The van der Waals surface area contributed by atoms with Gasteiger partial charge in [0.15, 0.2) is 0 Å². The van der Waals surface area contributed by atoms with Crippen LogP contribution in [0, 0.1) is 0 Å². The van der Waals surface area contributed by atoms with Crippen molar-refractivity contribution in [2.45, 2.75) is 80.5 Å². The fourth-order valence-electron chi connectivity index (χ4n) is 6.25. The first kappa shape index (κ1) is 36.8. The van der Waals surface area contributed by atoms with Gasteiger partial charge in [-0.05, 0) is 46.1 Å². The predicted molar refractivity (Wildman–Crippen MR) is 153 cm³/mol. The van der Waals surface area contributed by atoms with Crippen molar-refractivity contribution in [1.82, 2.24) is 35.1 Å². The van der Waals surface area contributed by atoms with E-state index in [4.69, 9.17) is 0 Å². The first-order valence-electron chi connectivity index (χ1n) is 14.1. The molecule has 0 unspecified atom stereocenters. The van der Waals surface area contributed by atoms with Crippen molar-refractivity contribution in [3.05, 3.63) is 23.5 Å². The Labute approximate surface area is 271 Å². The number of amides is 2. The van der Waals surface area contributed by atoms with Crippen LogP contribution in [-0.2, 0) is 44.2 Å². The Morgan fingerprint density at radius 3 is 1.77 bits per heavy atom. The SMILES string of the molecule is CC(C)NC(=O)N1CC[C@@]2(CCn3nc(OS(=O)(=O)C(F)(F)F)cc32)C1.Cl.O=S(=O)(Oc1cc2n(n1)CC[C@@]21CCNC1)C(F)(F)F. The van der Waals surface area contributed by atoms with Gasteiger partial charge in [-0.25, -0.2) is 4.79 Å². The Kier molecular flexibility index (Phi) is 9.78. The zero-order valence-electron chi connectivity index (χ0n) is 24.9. The Morgan fingerprint density at radius 2 is 1.32 bits per heavy atom. The number of hydrogen-bond acceptors (Lipinski definition) is 10. The number of nitrogens with zero attached hydrogens (tertiary/aromatic N) is 5. The van der Waals surface area contributed by atoms with Crippen LogP contribution in [0.2, 0.25) is 0 Å². The highest BCUT2D eigenvalue weighted by molar-refractivity contribution is 7.88. The molecule has 2 aromatic rings. The zero-order chi connectivity index (χ0) is 33.9. The van der Waals surface area contributed by atoms with Crippen LogP contribution < -0.4 is 19.0 Å². The number of nitrogens with one attached hydrogen (secondary N) is 2. The van der Waals surface area contributed by atoms with E-state index in [2.05, 4.69) is 29.2 Å². The van der Waals surface area contributed by atoms with Crippen molar-refractivity contribution in [3.63, 3.8) is 0 Å². The molecule has 2 N–H and O–H groups in total. The molecule has 266 valence electrons. The maximum atomic E-state index is 12.5. The maximum Gasteiger partial charge on any atom is 0.534 e. The van der Waals surface area contributed by atoms with Crippen molar-refractivity contribution in [3.8, 4) is 11.8 Å². The van der Waals surface area contributed by atoms with Gasteiger partial charge < -0.3 is 23.9 Å². The first-order chi connectivity index (χ1) is 21.2. The van der Waals surface area contributed by atoms with Crippen molar-refractivity contribution < 1.29 is 56.3 Å². The van der Waals surface area contributed by atoms with E-state index in [1.807, 2.05) is 13.8 Å². The number of likely N-dealkylation sites (tertiary alicyclic amines) is 1. The van der Waals surface area contributed by atoms with Gasteiger partial charge in [-0.3, -0.25) is 9.36 Å². The molecule has 4 aliphatic heterocycles. The fraction of sp³-hybridized carbons (Fsp3) is 0.708. The van der Waals surface area contributed by atoms with Crippen LogP contribution in [0.25, 0.3) is 0 Å². The maximum absolute atomic E-state index is 12.5. The molecule has 47 heavy (non-hydrogen) atoms. The van der Waals surface area contributed by atoms with Gasteiger partial charge in [0, 0.05) is 67.4 Å². The van der Waals surface area contributed by atoms with E-state index < -0.39 is 48.4 Å². The summed E-state index contributed by atoms with van der Waals surface area (Å²) >= 11 is 0. The summed E-state index contributed by atoms with van der Waals surface area (Å²) in [4.78, 5) is 13.8. The standard InChI is InChI=1S/C14H19F3N4O4S.C10H12F3N3O3S.ClH/c1-9(2)18-12(22)20-5-3-13(8-20)4-6-21-10(13)7-11(19-21)25-26(23,24)14(15,16)17;11-10(12,13)20(17,18)19-8-5-7-9(1-3-14-6-9)2-4-16(7)15-8;/h7,9H,3-6,8H2,1-2H3,(H,18,22);5,14H,1-4,6H2;1H/t13-;9-;/m11./s1. The summed E-state index contributed by atoms with van der Waals surface area (Å²) < 4.78 is 130. The third-order valence-corrected chi connectivity index (χ3v) is 10.4. The number of carbonyl (C=O) groups is 1. The van der Waals surface area contributed by atoms with Gasteiger partial charge in [0.25, 0.3) is 11.8 Å². The summed E-state index contributed by atoms with van der Waals surface area (Å²) in [6, 6.07) is 2.30. The highest BCUT2D eigenvalue weighted by Crippen LogP contribution is 2.44. The lowest BCUT2D eigenvalue weighted by molar-refractivity contribution is -0.0506. The molecule has 4 aliphatic rings. The summed E-state index contributed by atoms with van der Waals surface area (Å²) in [5.41, 5.74) is -10.3. The van der Waals surface area contributed by atoms with Gasteiger partial charge in [-0.15, -0.1) is 22.6 Å². The summed E-state index contributed by atoms with van der Waals surface area (Å²) in [6.07, 6.45) is 2.99. The van der Waals surface area contributed by atoms with Crippen molar-refractivity contribution in [2.75, 3.05) is 26.2 Å². The van der Waals surface area contributed by atoms with Crippen LogP contribution in [0.5, 0.6) is 11.8 Å². The van der Waals surface area contributed by atoms with Crippen molar-refractivity contribution in [2.24, 2.45) is 0 Å². The number of halogens is 7. The quantitative estimate of drug-likeness (QED) is 0.264. The lowest BCUT2D eigenvalue weighted by atomic mass is 9.83. The zero-order valence-corrected chi connectivity index (χ0v) is 27.3. The van der Waals surface area contributed by atoms with Crippen molar-refractivity contribution >= 4 is 38.7 Å². The molecule has 2 fully saturated rings. The van der Waals surface area contributed by atoms with Gasteiger partial charge in [-0.2, -0.15) is 43.2 Å². The number of alkyl halides is 6. The second kappa shape index (κ2) is 12.5. The number of aromatic nitrogens is 4. The van der Waals surface area contributed by atoms with Gasteiger partial charge in [-0.1, -0.05) is 0 Å². The van der Waals surface area contributed by atoms with Crippen LogP contribution in [0.4, 0.5) is 31.1 Å². The molecule has 2 aromatic heterocycles. The normalized spacial score (nSPS) is 23.8. The topological polar surface area (TPSA) is 167 Å². The molecule has 6 rings (SSSR count). The number of fused-ring (bicyclic) bond motifs is 4. The van der Waals surface area contributed by atoms with Gasteiger partial charge in [0.1, 0.15) is 0 Å². The van der Waals surface area contributed by atoms with E-state index in [9.17, 15) is 48.0 Å². The minimum Gasteiger partial charge on any atom is -0.354 e. The molecule has 2 amide bonds. The fourth-order valence-corrected chi connectivity index (χ4v) is 7.05. The third-order valence-electron chi connectivity index (χ3n) is 8.46. The molecule has 0 radical (unpaired) electrons. The molecular weight excluding hydrogens is 712 g/mol. The van der Waals surface area contributed by atoms with E-state index in [1.165, 1.54) is 21.5 Å². The Balaban J connectivity index is 0.000000215. The molecule has 2 saturated heterocycles. The lowest BCUT2D eigenvalue weighted by Gasteiger charge is -2.24. The van der Waals surface area contributed by atoms with E-state index in [0.29, 0.717) is 51.3 Å². The summed E-state index contributed by atoms with van der Waals surface area (Å²) in [7, 11) is -11.4. The smallest absolute Gasteiger partial charge is 0.354 e. The van der Waals surface area contributed by atoms with E-state index in [-0.39, 0.29) is 29.9 Å². The summed E-state index contributed by atoms with van der Waals surface area (Å²) in [6.45, 7) is 7.09. The molecule has 0 aliphatic carbocycles. The summed E-state index contributed by atoms with van der Waals surface area (Å²) in [5.74, 6) is -1.13. The Hall–Kier alpha value is -2.98. The molecule has 6 heterocycles. The molecule has 2 atom stereocenters. The minimum atomic E-state index is -5.76. The third kappa shape index (κ3) is 7.09. The monoisotopic (exact) mass is 743 g/mol. The molecular formula is C24H32ClF6N7O7S2. The lowest BCUT2D eigenvalue weighted by Crippen LogP contribution is -2.43. The first-order valence-corrected chi connectivity index (χ1v) is 16.9. The number of carbonyl (C=O) groups excluding carboxylic acids is 1. The number of urea groups is 1. The highest BCUT2D eigenvalue weighted by Gasteiger charge is 2.52. The Morgan fingerprint density at radius 1 is 0.851 bits per heavy atom. The van der Waals surface area contributed by atoms with E-state index in [1.54, 1.807) is 4.90 Å². The minimum absolute atomic E-state index is 0.